The first-order chi connectivity index (χ1) is 6.13. The van der Waals surface area contributed by atoms with Crippen molar-refractivity contribution in [1.29, 1.82) is 0 Å². The van der Waals surface area contributed by atoms with Gasteiger partial charge in [-0.2, -0.15) is 0 Å². The number of hydrogen-bond donors (Lipinski definition) is 2. The van der Waals surface area contributed by atoms with Gasteiger partial charge in [0.25, 0.3) is 0 Å². The molecular weight excluding hydrogens is 166 g/mol. The molecule has 76 valence electrons. The largest absolute Gasteiger partial charge is 0.369 e. The second-order valence-electron chi connectivity index (χ2n) is 3.99. The summed E-state index contributed by atoms with van der Waals surface area (Å²) >= 11 is 0. The number of primary amides is 1. The van der Waals surface area contributed by atoms with Gasteiger partial charge in [-0.3, -0.25) is 4.79 Å². The van der Waals surface area contributed by atoms with Gasteiger partial charge in [0.15, 0.2) is 0 Å². The molecular formula is C9H19N3O. The van der Waals surface area contributed by atoms with Crippen LogP contribution in [0.5, 0.6) is 0 Å². The Morgan fingerprint density at radius 3 is 2.77 bits per heavy atom. The first-order valence-corrected chi connectivity index (χ1v) is 4.81. The summed E-state index contributed by atoms with van der Waals surface area (Å²) in [4.78, 5) is 13.2. The van der Waals surface area contributed by atoms with Crippen molar-refractivity contribution in [2.24, 2.45) is 23.3 Å². The number of likely N-dealkylation sites (tertiary alicyclic amines) is 1. The van der Waals surface area contributed by atoms with Gasteiger partial charge >= 0.3 is 0 Å². The molecule has 4 N–H and O–H groups in total. The molecule has 1 aliphatic heterocycles. The fraction of sp³-hybridized carbons (Fsp3) is 0.889. The van der Waals surface area contributed by atoms with Crippen molar-refractivity contribution in [1.82, 2.24) is 4.90 Å². The third kappa shape index (κ3) is 2.97. The Labute approximate surface area is 79.3 Å². The first kappa shape index (κ1) is 10.5. The third-order valence-corrected chi connectivity index (χ3v) is 2.79. The molecule has 1 fully saturated rings. The quantitative estimate of drug-likeness (QED) is 0.613. The zero-order chi connectivity index (χ0) is 9.84. The maximum absolute atomic E-state index is 10.9. The minimum Gasteiger partial charge on any atom is -0.369 e. The lowest BCUT2D eigenvalue weighted by atomic mass is 9.93. The van der Waals surface area contributed by atoms with E-state index in [0.29, 0.717) is 12.5 Å². The standard InChI is InChI=1S/C9H19N3O/c1-12-3-2-7(6-12)4-8(5-10)9(11)13/h7-8H,2-6,10H2,1H3,(H2,11,13). The topological polar surface area (TPSA) is 72.3 Å². The van der Waals surface area contributed by atoms with Gasteiger partial charge in [-0.25, -0.2) is 0 Å². The highest BCUT2D eigenvalue weighted by Gasteiger charge is 2.24. The molecule has 4 nitrogen and oxygen atoms in total. The minimum atomic E-state index is -0.253. The van der Waals surface area contributed by atoms with Crippen LogP contribution in [0.1, 0.15) is 12.8 Å². The highest BCUT2D eigenvalue weighted by Crippen LogP contribution is 2.21. The lowest BCUT2D eigenvalue weighted by molar-refractivity contribution is -0.122. The lowest BCUT2D eigenvalue weighted by Gasteiger charge is -2.15. The molecule has 0 spiro atoms. The molecule has 0 aromatic carbocycles. The Hall–Kier alpha value is -0.610. The Bertz CT molecular complexity index is 184. The summed E-state index contributed by atoms with van der Waals surface area (Å²) in [6.45, 7) is 2.58. The smallest absolute Gasteiger partial charge is 0.221 e. The van der Waals surface area contributed by atoms with Gasteiger partial charge in [-0.15, -0.1) is 0 Å². The van der Waals surface area contributed by atoms with E-state index in [2.05, 4.69) is 11.9 Å². The molecule has 4 heteroatoms. The normalized spacial score (nSPS) is 26.2. The fourth-order valence-corrected chi connectivity index (χ4v) is 1.95. The van der Waals surface area contributed by atoms with Crippen LogP contribution in [-0.4, -0.2) is 37.5 Å². The van der Waals surface area contributed by atoms with Gasteiger partial charge in [-0.1, -0.05) is 0 Å². The Kier molecular flexibility index (Phi) is 3.69. The van der Waals surface area contributed by atoms with Crippen LogP contribution >= 0.6 is 0 Å². The molecule has 0 bridgehead atoms. The molecule has 1 aliphatic rings. The summed E-state index contributed by atoms with van der Waals surface area (Å²) in [6.07, 6.45) is 2.02. The molecule has 1 heterocycles. The predicted molar refractivity (Wildman–Crippen MR) is 52.0 cm³/mol. The summed E-state index contributed by atoms with van der Waals surface area (Å²) in [5.74, 6) is 0.222. The number of hydrogen-bond acceptors (Lipinski definition) is 3. The van der Waals surface area contributed by atoms with Crippen molar-refractivity contribution in [3.05, 3.63) is 0 Å². The molecule has 0 saturated carbocycles. The van der Waals surface area contributed by atoms with E-state index in [1.165, 1.54) is 6.42 Å². The molecule has 2 unspecified atom stereocenters. The number of carbonyl (C=O) groups is 1. The van der Waals surface area contributed by atoms with Crippen molar-refractivity contribution in [2.75, 3.05) is 26.7 Å². The minimum absolute atomic E-state index is 0.128. The number of amides is 1. The second-order valence-corrected chi connectivity index (χ2v) is 3.99. The van der Waals surface area contributed by atoms with E-state index in [-0.39, 0.29) is 11.8 Å². The van der Waals surface area contributed by atoms with E-state index in [9.17, 15) is 4.79 Å². The van der Waals surface area contributed by atoms with Crippen LogP contribution in [-0.2, 0) is 4.79 Å². The van der Waals surface area contributed by atoms with Crippen LogP contribution in [0.4, 0.5) is 0 Å². The van der Waals surface area contributed by atoms with Gasteiger partial charge in [0.1, 0.15) is 0 Å². The molecule has 0 aromatic rings. The van der Waals surface area contributed by atoms with Crippen LogP contribution in [0.2, 0.25) is 0 Å². The zero-order valence-corrected chi connectivity index (χ0v) is 8.20. The number of rotatable bonds is 4. The maximum atomic E-state index is 10.9. The number of nitrogens with zero attached hydrogens (tertiary/aromatic N) is 1. The molecule has 2 atom stereocenters. The molecule has 1 amide bonds. The molecule has 0 aromatic heterocycles. The average molecular weight is 185 g/mol. The number of carbonyl (C=O) groups excluding carboxylic acids is 1. The highest BCUT2D eigenvalue weighted by atomic mass is 16.1. The van der Waals surface area contributed by atoms with Gasteiger partial charge in [0, 0.05) is 13.1 Å². The summed E-state index contributed by atoms with van der Waals surface area (Å²) in [5, 5.41) is 0. The van der Waals surface area contributed by atoms with E-state index in [4.69, 9.17) is 11.5 Å². The molecule has 1 rings (SSSR count). The maximum Gasteiger partial charge on any atom is 0.221 e. The lowest BCUT2D eigenvalue weighted by Crippen LogP contribution is -2.32. The van der Waals surface area contributed by atoms with E-state index < -0.39 is 0 Å². The molecule has 1 saturated heterocycles. The second kappa shape index (κ2) is 4.58. The van der Waals surface area contributed by atoms with Crippen molar-refractivity contribution < 1.29 is 4.79 Å². The van der Waals surface area contributed by atoms with Crippen LogP contribution < -0.4 is 11.5 Å². The Morgan fingerprint density at radius 1 is 1.69 bits per heavy atom. The van der Waals surface area contributed by atoms with Gasteiger partial charge < -0.3 is 16.4 Å². The average Bonchev–Trinajstić information content (AvgIpc) is 2.46. The Balaban J connectivity index is 2.34. The van der Waals surface area contributed by atoms with Gasteiger partial charge in [0.2, 0.25) is 5.91 Å². The molecule has 0 aliphatic carbocycles. The summed E-state index contributed by atoms with van der Waals surface area (Å²) in [7, 11) is 2.10. The van der Waals surface area contributed by atoms with Crippen LogP contribution in [0.3, 0.4) is 0 Å². The summed E-state index contributed by atoms with van der Waals surface area (Å²) in [6, 6.07) is 0. The van der Waals surface area contributed by atoms with E-state index in [1.807, 2.05) is 0 Å². The zero-order valence-electron chi connectivity index (χ0n) is 8.20. The molecule has 0 radical (unpaired) electrons. The number of nitrogens with two attached hydrogens (primary N) is 2. The van der Waals surface area contributed by atoms with Gasteiger partial charge in [0.05, 0.1) is 5.92 Å². The SMILES string of the molecule is CN1CCC(CC(CN)C(N)=O)C1. The summed E-state index contributed by atoms with van der Waals surface area (Å²) < 4.78 is 0. The van der Waals surface area contributed by atoms with E-state index in [1.54, 1.807) is 0 Å². The van der Waals surface area contributed by atoms with E-state index >= 15 is 0 Å². The summed E-state index contributed by atoms with van der Waals surface area (Å²) in [5.41, 5.74) is 10.7. The van der Waals surface area contributed by atoms with Crippen molar-refractivity contribution in [3.8, 4) is 0 Å². The van der Waals surface area contributed by atoms with Crippen molar-refractivity contribution >= 4 is 5.91 Å². The van der Waals surface area contributed by atoms with Gasteiger partial charge in [-0.05, 0) is 32.4 Å². The fourth-order valence-electron chi connectivity index (χ4n) is 1.95. The monoisotopic (exact) mass is 185 g/mol. The Morgan fingerprint density at radius 2 is 2.38 bits per heavy atom. The van der Waals surface area contributed by atoms with Crippen LogP contribution in [0, 0.1) is 11.8 Å². The first-order valence-electron chi connectivity index (χ1n) is 4.81. The molecule has 13 heavy (non-hydrogen) atoms. The highest BCUT2D eigenvalue weighted by molar-refractivity contribution is 5.76. The van der Waals surface area contributed by atoms with Crippen LogP contribution in [0.15, 0.2) is 0 Å². The van der Waals surface area contributed by atoms with Crippen LogP contribution in [0.25, 0.3) is 0 Å². The van der Waals surface area contributed by atoms with E-state index in [0.717, 1.165) is 19.5 Å². The predicted octanol–water partition coefficient (Wildman–Crippen LogP) is -0.612. The van der Waals surface area contributed by atoms with Crippen molar-refractivity contribution in [2.45, 2.75) is 12.8 Å². The van der Waals surface area contributed by atoms with Crippen molar-refractivity contribution in [3.63, 3.8) is 0 Å². The third-order valence-electron chi connectivity index (χ3n) is 2.79.